The van der Waals surface area contributed by atoms with Gasteiger partial charge in [0, 0.05) is 23.3 Å². The SMILES string of the molecule is CN1C(=N)N[C@](C)(c2cc(NC(=O)c3ccc(Cl)cc3F)ccc2F)CS1(=O)=O. The number of amides is 1. The van der Waals surface area contributed by atoms with Gasteiger partial charge in [-0.3, -0.25) is 10.2 Å². The molecule has 1 saturated heterocycles. The van der Waals surface area contributed by atoms with E-state index in [4.69, 9.17) is 17.0 Å². The van der Waals surface area contributed by atoms with Gasteiger partial charge in [0.05, 0.1) is 16.9 Å². The average Bonchev–Trinajstić information content (AvgIpc) is 2.60. The molecule has 1 heterocycles. The highest BCUT2D eigenvalue weighted by molar-refractivity contribution is 7.89. The van der Waals surface area contributed by atoms with Crippen LogP contribution >= 0.6 is 11.6 Å². The molecule has 0 aliphatic carbocycles. The van der Waals surface area contributed by atoms with E-state index in [1.165, 1.54) is 38.2 Å². The molecule has 0 saturated carbocycles. The molecule has 0 spiro atoms. The minimum atomic E-state index is -3.84. The molecule has 0 radical (unpaired) electrons. The normalized spacial score (nSPS) is 20.9. The largest absolute Gasteiger partial charge is 0.345 e. The Balaban J connectivity index is 1.94. The van der Waals surface area contributed by atoms with Gasteiger partial charge < -0.3 is 10.6 Å². The molecule has 3 rings (SSSR count). The third kappa shape index (κ3) is 4.03. The van der Waals surface area contributed by atoms with E-state index >= 15 is 0 Å². The third-order valence-corrected chi connectivity index (χ3v) is 6.79. The number of carbonyl (C=O) groups excluding carboxylic acids is 1. The Morgan fingerprint density at radius 3 is 2.55 bits per heavy atom. The van der Waals surface area contributed by atoms with Crippen LogP contribution in [0.3, 0.4) is 0 Å². The lowest BCUT2D eigenvalue weighted by Gasteiger charge is -2.40. The lowest BCUT2D eigenvalue weighted by atomic mass is 9.93. The Bertz CT molecular complexity index is 1130. The number of hydrogen-bond donors (Lipinski definition) is 3. The Labute approximate surface area is 171 Å². The van der Waals surface area contributed by atoms with Gasteiger partial charge in [0.1, 0.15) is 11.6 Å². The molecule has 2 aromatic carbocycles. The number of nitrogens with zero attached hydrogens (tertiary/aromatic N) is 1. The van der Waals surface area contributed by atoms with Crippen LogP contribution in [0, 0.1) is 17.0 Å². The molecule has 1 amide bonds. The summed E-state index contributed by atoms with van der Waals surface area (Å²) >= 11 is 5.68. The number of guanidine groups is 1. The number of halogens is 3. The molecular formula is C18H17ClF2N4O3S. The number of sulfonamides is 1. The lowest BCUT2D eigenvalue weighted by molar-refractivity contribution is 0.102. The molecular weight excluding hydrogens is 426 g/mol. The van der Waals surface area contributed by atoms with Crippen LogP contribution < -0.4 is 10.6 Å². The first-order chi connectivity index (χ1) is 13.4. The highest BCUT2D eigenvalue weighted by Gasteiger charge is 2.43. The minimum Gasteiger partial charge on any atom is -0.345 e. The summed E-state index contributed by atoms with van der Waals surface area (Å²) in [5, 5.41) is 13.1. The molecule has 1 atom stereocenters. The van der Waals surface area contributed by atoms with Gasteiger partial charge in [0.2, 0.25) is 16.0 Å². The Kier molecular flexibility index (Phi) is 5.26. The average molecular weight is 443 g/mol. The Hall–Kier alpha value is -2.72. The highest BCUT2D eigenvalue weighted by atomic mass is 35.5. The van der Waals surface area contributed by atoms with Crippen molar-refractivity contribution in [1.82, 2.24) is 9.62 Å². The molecule has 7 nitrogen and oxygen atoms in total. The number of anilines is 1. The topological polar surface area (TPSA) is 102 Å². The predicted molar refractivity (Wildman–Crippen MR) is 106 cm³/mol. The van der Waals surface area contributed by atoms with E-state index in [0.717, 1.165) is 16.4 Å². The van der Waals surface area contributed by atoms with Gasteiger partial charge in [-0.1, -0.05) is 11.6 Å². The second-order valence-corrected chi connectivity index (χ2v) is 9.24. The van der Waals surface area contributed by atoms with Gasteiger partial charge >= 0.3 is 0 Å². The molecule has 2 aromatic rings. The van der Waals surface area contributed by atoms with Crippen LogP contribution in [0.2, 0.25) is 5.02 Å². The highest BCUT2D eigenvalue weighted by Crippen LogP contribution is 2.31. The van der Waals surface area contributed by atoms with Crippen molar-refractivity contribution < 1.29 is 22.0 Å². The Morgan fingerprint density at radius 1 is 1.24 bits per heavy atom. The van der Waals surface area contributed by atoms with Crippen LogP contribution in [-0.2, 0) is 15.6 Å². The number of nitrogens with one attached hydrogen (secondary N) is 3. The quantitative estimate of drug-likeness (QED) is 0.680. The lowest BCUT2D eigenvalue weighted by Crippen LogP contribution is -2.61. The van der Waals surface area contributed by atoms with Gasteiger partial charge in [-0.25, -0.2) is 21.5 Å². The minimum absolute atomic E-state index is 0.0618. The number of rotatable bonds is 3. The number of benzene rings is 2. The maximum atomic E-state index is 14.5. The van der Waals surface area contributed by atoms with Crippen molar-refractivity contribution in [2.75, 3.05) is 18.1 Å². The van der Waals surface area contributed by atoms with E-state index in [9.17, 15) is 22.0 Å². The summed E-state index contributed by atoms with van der Waals surface area (Å²) in [7, 11) is -2.62. The first kappa shape index (κ1) is 21.0. The van der Waals surface area contributed by atoms with Gasteiger partial charge in [-0.05, 0) is 43.3 Å². The van der Waals surface area contributed by atoms with Gasteiger partial charge in [-0.15, -0.1) is 0 Å². The van der Waals surface area contributed by atoms with E-state index in [-0.39, 0.29) is 21.8 Å². The summed E-state index contributed by atoms with van der Waals surface area (Å²) in [4.78, 5) is 12.4. The zero-order valence-corrected chi connectivity index (χ0v) is 17.0. The van der Waals surface area contributed by atoms with Gasteiger partial charge in [0.25, 0.3) is 5.91 Å². The summed E-state index contributed by atoms with van der Waals surface area (Å²) in [5.41, 5.74) is -1.63. The van der Waals surface area contributed by atoms with Crippen LogP contribution in [0.5, 0.6) is 0 Å². The summed E-state index contributed by atoms with van der Waals surface area (Å²) in [5.74, 6) is -3.22. The van der Waals surface area contributed by atoms with Crippen LogP contribution in [0.1, 0.15) is 22.8 Å². The molecule has 1 aliphatic heterocycles. The van der Waals surface area contributed by atoms with Crippen molar-refractivity contribution in [3.8, 4) is 0 Å². The third-order valence-electron chi connectivity index (χ3n) is 4.59. The molecule has 3 N–H and O–H groups in total. The molecule has 1 fully saturated rings. The van der Waals surface area contributed by atoms with Crippen molar-refractivity contribution in [2.45, 2.75) is 12.5 Å². The Morgan fingerprint density at radius 2 is 1.93 bits per heavy atom. The maximum Gasteiger partial charge on any atom is 0.258 e. The van der Waals surface area contributed by atoms with Crippen molar-refractivity contribution in [2.24, 2.45) is 0 Å². The van der Waals surface area contributed by atoms with Crippen LogP contribution in [-0.4, -0.2) is 37.4 Å². The molecule has 11 heteroatoms. The second-order valence-electron chi connectivity index (χ2n) is 6.80. The maximum absolute atomic E-state index is 14.5. The monoisotopic (exact) mass is 442 g/mol. The molecule has 0 bridgehead atoms. The fraction of sp³-hybridized carbons (Fsp3) is 0.222. The zero-order chi connectivity index (χ0) is 21.6. The van der Waals surface area contributed by atoms with Gasteiger partial charge in [0.15, 0.2) is 0 Å². The summed E-state index contributed by atoms with van der Waals surface area (Å²) < 4.78 is 53.9. The van der Waals surface area contributed by atoms with Crippen LogP contribution in [0.15, 0.2) is 36.4 Å². The predicted octanol–water partition coefficient (Wildman–Crippen LogP) is 2.89. The van der Waals surface area contributed by atoms with Gasteiger partial charge in [-0.2, -0.15) is 0 Å². The second kappa shape index (κ2) is 7.27. The summed E-state index contributed by atoms with van der Waals surface area (Å²) in [6, 6.07) is 7.14. The molecule has 29 heavy (non-hydrogen) atoms. The van der Waals surface area contributed by atoms with Crippen molar-refractivity contribution >= 4 is 39.2 Å². The first-order valence-corrected chi connectivity index (χ1v) is 10.3. The molecule has 0 unspecified atom stereocenters. The zero-order valence-electron chi connectivity index (χ0n) is 15.4. The number of carbonyl (C=O) groups is 1. The molecule has 0 aromatic heterocycles. The van der Waals surface area contributed by atoms with E-state index in [1.807, 2.05) is 0 Å². The van der Waals surface area contributed by atoms with E-state index in [0.29, 0.717) is 0 Å². The number of hydrogen-bond acceptors (Lipinski definition) is 4. The molecule has 154 valence electrons. The van der Waals surface area contributed by atoms with Crippen molar-refractivity contribution in [3.05, 3.63) is 64.2 Å². The van der Waals surface area contributed by atoms with E-state index in [1.54, 1.807) is 0 Å². The fourth-order valence-corrected chi connectivity index (χ4v) is 4.65. The van der Waals surface area contributed by atoms with E-state index < -0.39 is 44.8 Å². The van der Waals surface area contributed by atoms with Crippen LogP contribution in [0.4, 0.5) is 14.5 Å². The molecule has 1 aliphatic rings. The summed E-state index contributed by atoms with van der Waals surface area (Å²) in [6.45, 7) is 1.44. The van der Waals surface area contributed by atoms with Crippen molar-refractivity contribution in [1.29, 1.82) is 5.41 Å². The van der Waals surface area contributed by atoms with E-state index in [2.05, 4.69) is 10.6 Å². The van der Waals surface area contributed by atoms with Crippen LogP contribution in [0.25, 0.3) is 0 Å². The fourth-order valence-electron chi connectivity index (χ4n) is 3.02. The smallest absolute Gasteiger partial charge is 0.258 e. The first-order valence-electron chi connectivity index (χ1n) is 8.33. The summed E-state index contributed by atoms with van der Waals surface area (Å²) in [6.07, 6.45) is 0. The van der Waals surface area contributed by atoms with Crippen molar-refractivity contribution in [3.63, 3.8) is 0 Å². The standard InChI is InChI=1S/C18H17ClF2N4O3S/c1-18(9-29(27,28)25(2)17(22)24-18)13-8-11(4-6-14(13)20)23-16(26)12-5-3-10(19)7-15(12)21/h3-8H,9H2,1-2H3,(H2,22,24)(H,23,26)/t18-/m0/s1.